The van der Waals surface area contributed by atoms with Crippen molar-refractivity contribution in [2.45, 2.75) is 4.90 Å². The van der Waals surface area contributed by atoms with Crippen LogP contribution in [0.25, 0.3) is 21.5 Å². The highest BCUT2D eigenvalue weighted by molar-refractivity contribution is 7.94. The van der Waals surface area contributed by atoms with Crippen molar-refractivity contribution in [2.75, 3.05) is 5.73 Å². The van der Waals surface area contributed by atoms with E-state index in [1.165, 1.54) is 0 Å². The summed E-state index contributed by atoms with van der Waals surface area (Å²) in [5, 5.41) is 43.4. The van der Waals surface area contributed by atoms with Gasteiger partial charge in [0.05, 0.1) is 39.4 Å². The molecule has 0 spiro atoms. The van der Waals surface area contributed by atoms with Crippen molar-refractivity contribution in [3.8, 4) is 5.75 Å². The van der Waals surface area contributed by atoms with E-state index in [-0.39, 0.29) is 22.8 Å². The number of hydrogen-bond donors (Lipinski definition) is 3. The number of anilines is 1. The number of rotatable bonds is 7. The van der Waals surface area contributed by atoms with Crippen LogP contribution in [0.2, 0.25) is 0 Å². The van der Waals surface area contributed by atoms with E-state index in [9.17, 15) is 5.11 Å². The third-order valence-corrected chi connectivity index (χ3v) is 6.04. The third-order valence-electron chi connectivity index (χ3n) is 5.42. The maximum absolute atomic E-state index is 11.0. The Bertz CT molecular complexity index is 1610. The van der Waals surface area contributed by atoms with Gasteiger partial charge in [0, 0.05) is 0 Å². The van der Waals surface area contributed by atoms with Gasteiger partial charge in [-0.1, -0.05) is 59.6 Å². The van der Waals surface area contributed by atoms with Crippen molar-refractivity contribution in [3.63, 3.8) is 0 Å². The van der Waals surface area contributed by atoms with Gasteiger partial charge in [-0.15, -0.1) is 14.6 Å². The molecule has 5 rings (SSSR count). The Labute approximate surface area is 209 Å². The van der Waals surface area contributed by atoms with Gasteiger partial charge in [0.25, 0.3) is 0 Å². The van der Waals surface area contributed by atoms with E-state index in [0.29, 0.717) is 39.1 Å². The topological polar surface area (TPSA) is 134 Å². The second-order valence-corrected chi connectivity index (χ2v) is 8.40. The molecule has 10 heteroatoms. The fraction of sp³-hybridized carbons (Fsp3) is 0. The van der Waals surface area contributed by atoms with Crippen molar-refractivity contribution in [1.82, 2.24) is 0 Å². The Morgan fingerprint density at radius 3 is 2.22 bits per heavy atom. The SMILES string of the molecule is Nc1c(N=Nc2ccc3ccccc3c2)c(SOOO)cc2ccc(N=Nc3ccccc3)c(O)c12. The summed E-state index contributed by atoms with van der Waals surface area (Å²) in [5.74, 6) is -0.150. The molecular weight excluding hydrogens is 478 g/mol. The molecule has 0 fully saturated rings. The molecule has 9 nitrogen and oxygen atoms in total. The molecule has 0 radical (unpaired) electrons. The van der Waals surface area contributed by atoms with Gasteiger partial charge in [-0.3, -0.25) is 0 Å². The number of benzene rings is 5. The Morgan fingerprint density at radius 1 is 0.694 bits per heavy atom. The lowest BCUT2D eigenvalue weighted by molar-refractivity contribution is -0.432. The lowest BCUT2D eigenvalue weighted by Gasteiger charge is -2.12. The average Bonchev–Trinajstić information content (AvgIpc) is 2.91. The number of aromatic hydroxyl groups is 1. The molecule has 0 aliphatic rings. The summed E-state index contributed by atoms with van der Waals surface area (Å²) in [6.45, 7) is 0. The maximum atomic E-state index is 11.0. The zero-order chi connectivity index (χ0) is 24.9. The van der Waals surface area contributed by atoms with Crippen LogP contribution in [-0.2, 0) is 9.37 Å². The highest BCUT2D eigenvalue weighted by Crippen LogP contribution is 2.47. The van der Waals surface area contributed by atoms with Crippen LogP contribution in [0, 0.1) is 0 Å². The van der Waals surface area contributed by atoms with E-state index < -0.39 is 0 Å². The fourth-order valence-corrected chi connectivity index (χ4v) is 4.22. The summed E-state index contributed by atoms with van der Waals surface area (Å²) >= 11 is 0.702. The van der Waals surface area contributed by atoms with Crippen LogP contribution < -0.4 is 5.73 Å². The molecule has 5 aromatic carbocycles. The first kappa shape index (κ1) is 23.4. The number of phenols is 1. The number of hydrogen-bond acceptors (Lipinski definition) is 10. The third kappa shape index (κ3) is 4.88. The fourth-order valence-electron chi connectivity index (χ4n) is 3.71. The predicted octanol–water partition coefficient (Wildman–Crippen LogP) is 8.54. The summed E-state index contributed by atoms with van der Waals surface area (Å²) < 4.78 is 4.63. The summed E-state index contributed by atoms with van der Waals surface area (Å²) in [7, 11) is 0. The smallest absolute Gasteiger partial charge is 0.153 e. The minimum absolute atomic E-state index is 0.148. The van der Waals surface area contributed by atoms with Crippen LogP contribution in [-0.4, -0.2) is 10.4 Å². The number of nitrogen functional groups attached to an aromatic ring is 1. The van der Waals surface area contributed by atoms with Crippen LogP contribution in [0.15, 0.2) is 116 Å². The van der Waals surface area contributed by atoms with E-state index in [1.54, 1.807) is 30.3 Å². The monoisotopic (exact) mass is 497 g/mol. The molecule has 0 heterocycles. The highest BCUT2D eigenvalue weighted by atomic mass is 32.2. The van der Waals surface area contributed by atoms with E-state index in [0.717, 1.165) is 10.8 Å². The second kappa shape index (κ2) is 10.5. The minimum atomic E-state index is -0.150. The molecule has 0 unspecified atom stereocenters. The second-order valence-electron chi connectivity index (χ2n) is 7.66. The van der Waals surface area contributed by atoms with Crippen molar-refractivity contribution in [2.24, 2.45) is 20.5 Å². The quantitative estimate of drug-likeness (QED) is 0.0678. The van der Waals surface area contributed by atoms with Gasteiger partial charge in [0.1, 0.15) is 11.4 Å². The molecule has 4 N–H and O–H groups in total. The molecule has 0 aromatic heterocycles. The molecule has 178 valence electrons. The average molecular weight is 498 g/mol. The van der Waals surface area contributed by atoms with Gasteiger partial charge in [0.2, 0.25) is 0 Å². The molecule has 0 amide bonds. The largest absolute Gasteiger partial charge is 0.505 e. The maximum Gasteiger partial charge on any atom is 0.153 e. The van der Waals surface area contributed by atoms with Crippen LogP contribution in [0.3, 0.4) is 0 Å². The summed E-state index contributed by atoms with van der Waals surface area (Å²) in [4.78, 5) is 0.414. The molecule has 0 saturated heterocycles. The van der Waals surface area contributed by atoms with Crippen LogP contribution in [0.4, 0.5) is 28.4 Å². The lowest BCUT2D eigenvalue weighted by atomic mass is 10.1. The Kier molecular flexibility index (Phi) is 6.83. The first-order chi connectivity index (χ1) is 17.6. The van der Waals surface area contributed by atoms with E-state index in [2.05, 4.69) is 29.8 Å². The van der Waals surface area contributed by atoms with E-state index in [1.807, 2.05) is 60.7 Å². The van der Waals surface area contributed by atoms with Gasteiger partial charge < -0.3 is 10.8 Å². The zero-order valence-corrected chi connectivity index (χ0v) is 19.5. The minimum Gasteiger partial charge on any atom is -0.505 e. The Balaban J connectivity index is 1.59. The molecule has 36 heavy (non-hydrogen) atoms. The van der Waals surface area contributed by atoms with Gasteiger partial charge in [-0.05, 0) is 52.6 Å². The molecule has 0 aliphatic heterocycles. The normalized spacial score (nSPS) is 11.8. The first-order valence-electron chi connectivity index (χ1n) is 10.7. The molecule has 0 aliphatic carbocycles. The van der Waals surface area contributed by atoms with Crippen molar-refractivity contribution >= 4 is 62.0 Å². The van der Waals surface area contributed by atoms with E-state index in [4.69, 9.17) is 11.0 Å². The van der Waals surface area contributed by atoms with Gasteiger partial charge in [-0.25, -0.2) is 5.26 Å². The van der Waals surface area contributed by atoms with Crippen molar-refractivity contribution < 1.29 is 19.7 Å². The molecular formula is C26H19N5O4S. The van der Waals surface area contributed by atoms with Crippen LogP contribution in [0.1, 0.15) is 0 Å². The summed E-state index contributed by atoms with van der Waals surface area (Å²) in [6.07, 6.45) is 0. The lowest BCUT2D eigenvalue weighted by Crippen LogP contribution is -1.92. The van der Waals surface area contributed by atoms with Gasteiger partial charge in [-0.2, -0.15) is 10.2 Å². The zero-order valence-electron chi connectivity index (χ0n) is 18.6. The number of nitrogens with zero attached hydrogens (tertiary/aromatic N) is 4. The number of azo groups is 2. The Hall–Kier alpha value is -4.35. The van der Waals surface area contributed by atoms with Gasteiger partial charge in [0.15, 0.2) is 5.75 Å². The van der Waals surface area contributed by atoms with E-state index >= 15 is 0 Å². The van der Waals surface area contributed by atoms with Crippen molar-refractivity contribution in [1.29, 1.82) is 0 Å². The van der Waals surface area contributed by atoms with Crippen molar-refractivity contribution in [3.05, 3.63) is 91.0 Å². The molecule has 0 bridgehead atoms. The molecule has 5 aromatic rings. The number of fused-ring (bicyclic) bond motifs is 2. The standard InChI is InChI=1S/C26H19N5O4S/c27-24-23-18(11-13-21(26(23)32)30-28-19-8-2-1-3-9-19)15-22(36-35-34-33)25(24)31-29-20-12-10-16-6-4-5-7-17(16)14-20/h1-15,32-33H,27H2. The first-order valence-corrected chi connectivity index (χ1v) is 11.5. The Morgan fingerprint density at radius 2 is 1.42 bits per heavy atom. The highest BCUT2D eigenvalue weighted by Gasteiger charge is 2.18. The number of nitrogens with two attached hydrogens (primary N) is 1. The molecule has 0 atom stereocenters. The molecule has 0 saturated carbocycles. The number of phenolic OH excluding ortho intramolecular Hbond substituents is 1. The summed E-state index contributed by atoms with van der Waals surface area (Å²) in [5.41, 5.74) is 8.33. The van der Waals surface area contributed by atoms with Crippen LogP contribution >= 0.6 is 12.0 Å². The van der Waals surface area contributed by atoms with Crippen LogP contribution in [0.5, 0.6) is 5.75 Å². The predicted molar refractivity (Wildman–Crippen MR) is 139 cm³/mol. The van der Waals surface area contributed by atoms with Gasteiger partial charge >= 0.3 is 0 Å². The summed E-state index contributed by atoms with van der Waals surface area (Å²) in [6, 6.07) is 27.8.